The first-order valence-electron chi connectivity index (χ1n) is 8.47. The molecule has 1 aliphatic rings. The molecule has 2 aromatic carbocycles. The van der Waals surface area contributed by atoms with Gasteiger partial charge in [0.1, 0.15) is 5.75 Å². The molecule has 1 fully saturated rings. The second-order valence-electron chi connectivity index (χ2n) is 6.35. The van der Waals surface area contributed by atoms with Gasteiger partial charge in [-0.2, -0.15) is 0 Å². The van der Waals surface area contributed by atoms with Gasteiger partial charge in [0.2, 0.25) is 0 Å². The molecule has 0 aromatic heterocycles. The predicted octanol–water partition coefficient (Wildman–Crippen LogP) is 3.92. The van der Waals surface area contributed by atoms with E-state index in [2.05, 4.69) is 22.3 Å². The van der Waals surface area contributed by atoms with Crippen molar-refractivity contribution in [3.63, 3.8) is 0 Å². The van der Waals surface area contributed by atoms with Crippen LogP contribution in [-0.4, -0.2) is 25.6 Å². The van der Waals surface area contributed by atoms with Crippen molar-refractivity contribution in [3.8, 4) is 5.75 Å². The third-order valence-electron chi connectivity index (χ3n) is 4.32. The van der Waals surface area contributed by atoms with Crippen LogP contribution in [0.1, 0.15) is 24.0 Å². The Morgan fingerprint density at radius 2 is 1.79 bits per heavy atom. The first kappa shape index (κ1) is 16.4. The lowest BCUT2D eigenvalue weighted by Crippen LogP contribution is -2.21. The summed E-state index contributed by atoms with van der Waals surface area (Å²) in [4.78, 5) is 14.4. The number of rotatable bonds is 5. The molecule has 0 atom stereocenters. The van der Waals surface area contributed by atoms with Gasteiger partial charge in [0, 0.05) is 24.5 Å². The SMILES string of the molecule is Cc1ccc(C)c(OCC(=O)Nc2ccc(N3CCCC3)cc2)c1. The normalized spacial score (nSPS) is 13.8. The molecule has 1 aliphatic heterocycles. The van der Waals surface area contributed by atoms with E-state index in [1.54, 1.807) is 0 Å². The number of hydrogen-bond acceptors (Lipinski definition) is 3. The Bertz CT molecular complexity index is 704. The standard InChI is InChI=1S/C20H24N2O2/c1-15-5-6-16(2)19(13-15)24-14-20(23)21-17-7-9-18(10-8-17)22-11-3-4-12-22/h5-10,13H,3-4,11-12,14H2,1-2H3,(H,21,23). The molecule has 0 unspecified atom stereocenters. The number of nitrogens with one attached hydrogen (secondary N) is 1. The van der Waals surface area contributed by atoms with Crippen molar-refractivity contribution in [2.45, 2.75) is 26.7 Å². The summed E-state index contributed by atoms with van der Waals surface area (Å²) in [6, 6.07) is 14.0. The third kappa shape index (κ3) is 4.07. The molecule has 1 saturated heterocycles. The molecule has 4 heteroatoms. The first-order chi connectivity index (χ1) is 11.6. The fourth-order valence-electron chi connectivity index (χ4n) is 2.93. The summed E-state index contributed by atoms with van der Waals surface area (Å²) < 4.78 is 5.64. The van der Waals surface area contributed by atoms with Crippen molar-refractivity contribution in [2.75, 3.05) is 29.9 Å². The van der Waals surface area contributed by atoms with Crippen LogP contribution < -0.4 is 15.0 Å². The summed E-state index contributed by atoms with van der Waals surface area (Å²) in [6.45, 7) is 6.24. The van der Waals surface area contributed by atoms with E-state index in [9.17, 15) is 4.79 Å². The quantitative estimate of drug-likeness (QED) is 0.906. The highest BCUT2D eigenvalue weighted by Crippen LogP contribution is 2.22. The number of aryl methyl sites for hydroxylation is 2. The molecule has 0 spiro atoms. The van der Waals surface area contributed by atoms with Crippen molar-refractivity contribution in [1.29, 1.82) is 0 Å². The highest BCUT2D eigenvalue weighted by molar-refractivity contribution is 5.92. The Hall–Kier alpha value is -2.49. The monoisotopic (exact) mass is 324 g/mol. The molecule has 2 aromatic rings. The Balaban J connectivity index is 1.53. The van der Waals surface area contributed by atoms with Crippen molar-refractivity contribution in [3.05, 3.63) is 53.6 Å². The van der Waals surface area contributed by atoms with E-state index in [0.29, 0.717) is 0 Å². The molecule has 0 bridgehead atoms. The molecule has 3 rings (SSSR count). The fourth-order valence-corrected chi connectivity index (χ4v) is 2.93. The summed E-state index contributed by atoms with van der Waals surface area (Å²) in [5, 5.41) is 2.88. The van der Waals surface area contributed by atoms with Gasteiger partial charge in [-0.15, -0.1) is 0 Å². The Morgan fingerprint density at radius 1 is 1.08 bits per heavy atom. The van der Waals surface area contributed by atoms with E-state index < -0.39 is 0 Å². The maximum Gasteiger partial charge on any atom is 0.262 e. The topological polar surface area (TPSA) is 41.6 Å². The van der Waals surface area contributed by atoms with Crippen LogP contribution in [-0.2, 0) is 4.79 Å². The van der Waals surface area contributed by atoms with Gasteiger partial charge in [-0.3, -0.25) is 4.79 Å². The average Bonchev–Trinajstić information content (AvgIpc) is 3.11. The Morgan fingerprint density at radius 3 is 2.50 bits per heavy atom. The number of benzene rings is 2. The van der Waals surface area contributed by atoms with Crippen molar-refractivity contribution in [1.82, 2.24) is 0 Å². The van der Waals surface area contributed by atoms with E-state index in [1.165, 1.54) is 18.5 Å². The molecular weight excluding hydrogens is 300 g/mol. The fraction of sp³-hybridized carbons (Fsp3) is 0.350. The molecule has 4 nitrogen and oxygen atoms in total. The Kier molecular flexibility index (Phi) is 5.04. The molecule has 0 saturated carbocycles. The molecule has 0 radical (unpaired) electrons. The predicted molar refractivity (Wildman–Crippen MR) is 97.9 cm³/mol. The highest BCUT2D eigenvalue weighted by Gasteiger charge is 2.12. The number of nitrogens with zero attached hydrogens (tertiary/aromatic N) is 1. The zero-order valence-corrected chi connectivity index (χ0v) is 14.3. The minimum Gasteiger partial charge on any atom is -0.483 e. The first-order valence-corrected chi connectivity index (χ1v) is 8.47. The van der Waals surface area contributed by atoms with Crippen LogP contribution in [0.5, 0.6) is 5.75 Å². The van der Waals surface area contributed by atoms with Crippen LogP contribution in [0.15, 0.2) is 42.5 Å². The van der Waals surface area contributed by atoms with Crippen molar-refractivity contribution in [2.24, 2.45) is 0 Å². The largest absolute Gasteiger partial charge is 0.483 e. The lowest BCUT2D eigenvalue weighted by molar-refractivity contribution is -0.118. The van der Waals surface area contributed by atoms with Gasteiger partial charge in [-0.05, 0) is 68.1 Å². The summed E-state index contributed by atoms with van der Waals surface area (Å²) >= 11 is 0. The summed E-state index contributed by atoms with van der Waals surface area (Å²) in [5.41, 5.74) is 4.17. The minimum atomic E-state index is -0.148. The number of hydrogen-bond donors (Lipinski definition) is 1. The zero-order valence-electron chi connectivity index (χ0n) is 14.3. The van der Waals surface area contributed by atoms with Crippen LogP contribution in [0.4, 0.5) is 11.4 Å². The van der Waals surface area contributed by atoms with Crippen LogP contribution in [0.3, 0.4) is 0 Å². The van der Waals surface area contributed by atoms with E-state index in [1.807, 2.05) is 44.2 Å². The molecule has 1 N–H and O–H groups in total. The molecule has 0 aliphatic carbocycles. The van der Waals surface area contributed by atoms with Gasteiger partial charge in [0.25, 0.3) is 5.91 Å². The van der Waals surface area contributed by atoms with E-state index in [4.69, 9.17) is 4.74 Å². The summed E-state index contributed by atoms with van der Waals surface area (Å²) in [7, 11) is 0. The van der Waals surface area contributed by atoms with E-state index >= 15 is 0 Å². The summed E-state index contributed by atoms with van der Waals surface area (Å²) in [6.07, 6.45) is 2.52. The third-order valence-corrected chi connectivity index (χ3v) is 4.32. The van der Waals surface area contributed by atoms with Gasteiger partial charge >= 0.3 is 0 Å². The number of carbonyl (C=O) groups excluding carboxylic acids is 1. The minimum absolute atomic E-state index is 0.0121. The maximum absolute atomic E-state index is 12.1. The summed E-state index contributed by atoms with van der Waals surface area (Å²) in [5.74, 6) is 0.611. The van der Waals surface area contributed by atoms with Gasteiger partial charge in [0.15, 0.2) is 6.61 Å². The van der Waals surface area contributed by atoms with Crippen LogP contribution in [0, 0.1) is 13.8 Å². The van der Waals surface area contributed by atoms with Crippen molar-refractivity contribution >= 4 is 17.3 Å². The zero-order chi connectivity index (χ0) is 16.9. The molecule has 1 heterocycles. The van der Waals surface area contributed by atoms with Gasteiger partial charge in [-0.1, -0.05) is 12.1 Å². The van der Waals surface area contributed by atoms with E-state index in [0.717, 1.165) is 35.7 Å². The van der Waals surface area contributed by atoms with Crippen LogP contribution in [0.25, 0.3) is 0 Å². The number of carbonyl (C=O) groups is 1. The second-order valence-corrected chi connectivity index (χ2v) is 6.35. The molecule has 24 heavy (non-hydrogen) atoms. The maximum atomic E-state index is 12.1. The van der Waals surface area contributed by atoms with Crippen LogP contribution in [0.2, 0.25) is 0 Å². The molecule has 1 amide bonds. The van der Waals surface area contributed by atoms with Crippen molar-refractivity contribution < 1.29 is 9.53 Å². The van der Waals surface area contributed by atoms with Gasteiger partial charge in [-0.25, -0.2) is 0 Å². The van der Waals surface area contributed by atoms with Gasteiger partial charge < -0.3 is 15.0 Å². The lowest BCUT2D eigenvalue weighted by atomic mass is 10.1. The smallest absolute Gasteiger partial charge is 0.262 e. The molecule has 126 valence electrons. The number of ether oxygens (including phenoxy) is 1. The average molecular weight is 324 g/mol. The molecular formula is C20H24N2O2. The van der Waals surface area contributed by atoms with E-state index in [-0.39, 0.29) is 12.5 Å². The second kappa shape index (κ2) is 7.39. The highest BCUT2D eigenvalue weighted by atomic mass is 16.5. The van der Waals surface area contributed by atoms with Gasteiger partial charge in [0.05, 0.1) is 0 Å². The van der Waals surface area contributed by atoms with Crippen LogP contribution >= 0.6 is 0 Å². The number of amides is 1. The number of anilines is 2. The Labute approximate surface area is 143 Å². The lowest BCUT2D eigenvalue weighted by Gasteiger charge is -2.17.